The molecule has 1 saturated heterocycles. The van der Waals surface area contributed by atoms with Gasteiger partial charge >= 0.3 is 6.03 Å². The van der Waals surface area contributed by atoms with Crippen LogP contribution in [0.3, 0.4) is 0 Å². The van der Waals surface area contributed by atoms with Crippen molar-refractivity contribution in [3.8, 4) is 0 Å². The maximum absolute atomic E-state index is 13.5. The van der Waals surface area contributed by atoms with Crippen molar-refractivity contribution in [2.45, 2.75) is 65.1 Å². The minimum Gasteiger partial charge on any atom is -0.322 e. The van der Waals surface area contributed by atoms with Crippen molar-refractivity contribution in [3.05, 3.63) is 72.3 Å². The van der Waals surface area contributed by atoms with E-state index in [1.165, 1.54) is 18.9 Å². The fourth-order valence-corrected chi connectivity index (χ4v) is 4.67. The van der Waals surface area contributed by atoms with Crippen LogP contribution in [0.5, 0.6) is 0 Å². The molecule has 6 heteroatoms. The van der Waals surface area contributed by atoms with E-state index in [0.29, 0.717) is 18.3 Å². The molecule has 0 saturated carbocycles. The van der Waals surface area contributed by atoms with Crippen LogP contribution >= 0.6 is 0 Å². The number of anilines is 2. The number of nitrogens with zero attached hydrogens (tertiary/aromatic N) is 2. The van der Waals surface area contributed by atoms with E-state index < -0.39 is 0 Å². The van der Waals surface area contributed by atoms with Crippen molar-refractivity contribution in [1.82, 2.24) is 9.80 Å². The minimum atomic E-state index is -0.263. The van der Waals surface area contributed by atoms with Crippen LogP contribution in [0.2, 0.25) is 0 Å². The maximum atomic E-state index is 13.5. The van der Waals surface area contributed by atoms with E-state index in [-0.39, 0.29) is 18.0 Å². The molecule has 2 N–H and O–H groups in total. The molecule has 1 aliphatic rings. The number of amides is 3. The van der Waals surface area contributed by atoms with E-state index >= 15 is 0 Å². The van der Waals surface area contributed by atoms with Crippen LogP contribution in [0.15, 0.2) is 61.2 Å². The summed E-state index contributed by atoms with van der Waals surface area (Å²) in [4.78, 5) is 30.0. The molecule has 1 heterocycles. The molecular weight excluding hydrogens is 424 g/mol. The highest BCUT2D eigenvalue weighted by molar-refractivity contribution is 5.99. The Balaban J connectivity index is 1.81. The smallest absolute Gasteiger partial charge is 0.322 e. The Bertz CT molecular complexity index is 982. The number of rotatable bonds is 9. The number of para-hydroxylation sites is 1. The van der Waals surface area contributed by atoms with E-state index in [2.05, 4.69) is 36.0 Å². The fraction of sp³-hybridized carbons (Fsp3) is 0.429. The number of urea groups is 1. The summed E-state index contributed by atoms with van der Waals surface area (Å²) in [7, 11) is 0. The molecule has 6 nitrogen and oxygen atoms in total. The number of likely N-dealkylation sites (tertiary alicyclic amines) is 1. The first-order valence-corrected chi connectivity index (χ1v) is 12.3. The number of carbonyl (C=O) groups excluding carboxylic acids is 2. The Hall–Kier alpha value is -3.12. The summed E-state index contributed by atoms with van der Waals surface area (Å²) < 4.78 is 0. The van der Waals surface area contributed by atoms with E-state index in [9.17, 15) is 9.59 Å². The standard InChI is InChI=1S/C28H38N4O2/c1-5-10-22(4)31-17-15-25(16-18-31)32(28(34)29-24-13-9-11-21(3)19-24)20-23-12-7-8-14-26(23)30-27(33)6-2/h6-9,11-14,19,22,25H,2,5,10,15-18,20H2,1,3-4H3,(H,29,34)(H,30,33). The highest BCUT2D eigenvalue weighted by atomic mass is 16.2. The Morgan fingerprint density at radius 3 is 2.56 bits per heavy atom. The monoisotopic (exact) mass is 462 g/mol. The van der Waals surface area contributed by atoms with Gasteiger partial charge in [0.15, 0.2) is 0 Å². The topological polar surface area (TPSA) is 64.7 Å². The van der Waals surface area contributed by atoms with Crippen molar-refractivity contribution in [2.24, 2.45) is 0 Å². The van der Waals surface area contributed by atoms with Crippen LogP contribution in [0.1, 0.15) is 50.7 Å². The normalized spacial score (nSPS) is 15.4. The molecule has 182 valence electrons. The Labute approximate surface area is 204 Å². The molecule has 1 fully saturated rings. The zero-order valence-electron chi connectivity index (χ0n) is 20.7. The quantitative estimate of drug-likeness (QED) is 0.463. The van der Waals surface area contributed by atoms with Gasteiger partial charge < -0.3 is 20.4 Å². The van der Waals surface area contributed by atoms with Crippen LogP contribution in [-0.2, 0) is 11.3 Å². The SMILES string of the molecule is C=CC(=O)Nc1ccccc1CN(C(=O)Nc1cccc(C)c1)C1CCN(C(C)CCC)CC1. The highest BCUT2D eigenvalue weighted by Gasteiger charge is 2.30. The third-order valence-corrected chi connectivity index (χ3v) is 6.60. The average molecular weight is 463 g/mol. The zero-order chi connectivity index (χ0) is 24.5. The van der Waals surface area contributed by atoms with Gasteiger partial charge in [0.05, 0.1) is 0 Å². The fourth-order valence-electron chi connectivity index (χ4n) is 4.67. The second-order valence-electron chi connectivity index (χ2n) is 9.18. The number of piperidine rings is 1. The van der Waals surface area contributed by atoms with Crippen molar-refractivity contribution in [1.29, 1.82) is 0 Å². The first kappa shape index (κ1) is 25.5. The van der Waals surface area contributed by atoms with Crippen LogP contribution in [-0.4, -0.2) is 46.9 Å². The lowest BCUT2D eigenvalue weighted by molar-refractivity contribution is -0.111. The molecule has 0 spiro atoms. The third kappa shape index (κ3) is 6.94. The molecule has 2 aromatic rings. The largest absolute Gasteiger partial charge is 0.322 e. The van der Waals surface area contributed by atoms with E-state index in [1.807, 2.05) is 60.4 Å². The molecule has 34 heavy (non-hydrogen) atoms. The van der Waals surface area contributed by atoms with Crippen LogP contribution in [0.25, 0.3) is 0 Å². The summed E-state index contributed by atoms with van der Waals surface area (Å²) in [5, 5.41) is 5.97. The van der Waals surface area contributed by atoms with Gasteiger partial charge in [-0.1, -0.05) is 50.3 Å². The van der Waals surface area contributed by atoms with Gasteiger partial charge in [0.2, 0.25) is 5.91 Å². The predicted molar refractivity (Wildman–Crippen MR) is 140 cm³/mol. The molecule has 0 aliphatic carbocycles. The Morgan fingerprint density at radius 1 is 1.15 bits per heavy atom. The van der Waals surface area contributed by atoms with Gasteiger partial charge in [-0.05, 0) is 68.5 Å². The van der Waals surface area contributed by atoms with Crippen molar-refractivity contribution in [3.63, 3.8) is 0 Å². The zero-order valence-corrected chi connectivity index (χ0v) is 20.7. The number of nitrogens with one attached hydrogen (secondary N) is 2. The van der Waals surface area contributed by atoms with Crippen molar-refractivity contribution in [2.75, 3.05) is 23.7 Å². The molecule has 2 aromatic carbocycles. The van der Waals surface area contributed by atoms with Crippen LogP contribution in [0, 0.1) is 6.92 Å². The number of benzene rings is 2. The van der Waals surface area contributed by atoms with Gasteiger partial charge in [0.1, 0.15) is 0 Å². The van der Waals surface area contributed by atoms with E-state index in [0.717, 1.165) is 42.7 Å². The van der Waals surface area contributed by atoms with Crippen molar-refractivity contribution < 1.29 is 9.59 Å². The summed E-state index contributed by atoms with van der Waals surface area (Å²) in [6.45, 7) is 12.5. The molecule has 0 aromatic heterocycles. The molecule has 1 atom stereocenters. The van der Waals surface area contributed by atoms with Crippen LogP contribution in [0.4, 0.5) is 16.2 Å². The first-order chi connectivity index (χ1) is 16.4. The van der Waals surface area contributed by atoms with Gasteiger partial charge in [-0.25, -0.2) is 4.79 Å². The molecular formula is C28H38N4O2. The van der Waals surface area contributed by atoms with Crippen LogP contribution < -0.4 is 10.6 Å². The highest BCUT2D eigenvalue weighted by Crippen LogP contribution is 2.25. The van der Waals surface area contributed by atoms with Gasteiger partial charge in [0.25, 0.3) is 0 Å². The molecule has 3 amide bonds. The maximum Gasteiger partial charge on any atom is 0.322 e. The lowest BCUT2D eigenvalue weighted by atomic mass is 9.99. The van der Waals surface area contributed by atoms with Crippen molar-refractivity contribution >= 4 is 23.3 Å². The summed E-state index contributed by atoms with van der Waals surface area (Å²) in [5.74, 6) is -0.263. The number of hydrogen-bond acceptors (Lipinski definition) is 3. The van der Waals surface area contributed by atoms with Gasteiger partial charge in [-0.15, -0.1) is 0 Å². The first-order valence-electron chi connectivity index (χ1n) is 12.3. The number of hydrogen-bond donors (Lipinski definition) is 2. The number of carbonyl (C=O) groups is 2. The van der Waals surface area contributed by atoms with Gasteiger partial charge in [-0.2, -0.15) is 0 Å². The van der Waals surface area contributed by atoms with Gasteiger partial charge in [-0.3, -0.25) is 4.79 Å². The third-order valence-electron chi connectivity index (χ3n) is 6.60. The Morgan fingerprint density at radius 2 is 1.88 bits per heavy atom. The Kier molecular flexibility index (Phi) is 9.28. The number of aryl methyl sites for hydroxylation is 1. The molecule has 3 rings (SSSR count). The predicted octanol–water partition coefficient (Wildman–Crippen LogP) is 5.81. The molecule has 1 unspecified atom stereocenters. The summed E-state index contributed by atoms with van der Waals surface area (Å²) >= 11 is 0. The average Bonchev–Trinajstić information content (AvgIpc) is 2.83. The molecule has 1 aliphatic heterocycles. The lowest BCUT2D eigenvalue weighted by Crippen LogP contribution is -2.50. The molecule has 0 radical (unpaired) electrons. The van der Waals surface area contributed by atoms with E-state index in [1.54, 1.807) is 0 Å². The summed E-state index contributed by atoms with van der Waals surface area (Å²) in [6.07, 6.45) is 5.48. The minimum absolute atomic E-state index is 0.115. The molecule has 0 bridgehead atoms. The lowest BCUT2D eigenvalue weighted by Gasteiger charge is -2.41. The van der Waals surface area contributed by atoms with Gasteiger partial charge in [0, 0.05) is 43.1 Å². The second-order valence-corrected chi connectivity index (χ2v) is 9.18. The summed E-state index contributed by atoms with van der Waals surface area (Å²) in [5.41, 5.74) is 3.49. The second kappa shape index (κ2) is 12.4. The van der Waals surface area contributed by atoms with E-state index in [4.69, 9.17) is 0 Å². The summed E-state index contributed by atoms with van der Waals surface area (Å²) in [6, 6.07) is 16.1.